The predicted octanol–water partition coefficient (Wildman–Crippen LogP) is 2.76. The van der Waals surface area contributed by atoms with Gasteiger partial charge in [0.1, 0.15) is 0 Å². The fourth-order valence-corrected chi connectivity index (χ4v) is 3.23. The maximum absolute atomic E-state index is 5.33. The summed E-state index contributed by atoms with van der Waals surface area (Å²) in [6, 6.07) is 7.84. The van der Waals surface area contributed by atoms with E-state index in [-0.39, 0.29) is 0 Å². The molecule has 1 aliphatic heterocycles. The van der Waals surface area contributed by atoms with Crippen molar-refractivity contribution in [2.45, 2.75) is 20.0 Å². The highest BCUT2D eigenvalue weighted by molar-refractivity contribution is 5.45. The summed E-state index contributed by atoms with van der Waals surface area (Å²) in [6.45, 7) is 8.15. The number of nitrogens with zero attached hydrogens (tertiary/aromatic N) is 5. The Hall–Kier alpha value is -2.57. The van der Waals surface area contributed by atoms with Crippen LogP contribution in [0.5, 0.6) is 0 Å². The van der Waals surface area contributed by atoms with Crippen LogP contribution in [0.1, 0.15) is 16.8 Å². The van der Waals surface area contributed by atoms with Crippen LogP contribution in [0.4, 0.5) is 0 Å². The number of aryl methyl sites for hydroxylation is 1. The Morgan fingerprint density at radius 1 is 0.923 bits per heavy atom. The fourth-order valence-electron chi connectivity index (χ4n) is 3.23. The molecule has 0 saturated carbocycles. The third kappa shape index (κ3) is 3.98. The number of piperazine rings is 1. The molecule has 134 valence electrons. The van der Waals surface area contributed by atoms with E-state index in [0.717, 1.165) is 44.8 Å². The first-order valence-electron chi connectivity index (χ1n) is 8.98. The summed E-state index contributed by atoms with van der Waals surface area (Å²) in [5.41, 5.74) is 3.58. The smallest absolute Gasteiger partial charge is 0.195 e. The van der Waals surface area contributed by atoms with E-state index in [2.05, 4.69) is 37.7 Å². The maximum Gasteiger partial charge on any atom is 0.195 e. The highest BCUT2D eigenvalue weighted by Gasteiger charge is 2.18. The van der Waals surface area contributed by atoms with Gasteiger partial charge in [0.2, 0.25) is 0 Å². The molecule has 0 radical (unpaired) electrons. The summed E-state index contributed by atoms with van der Waals surface area (Å²) in [4.78, 5) is 18.3. The van der Waals surface area contributed by atoms with Crippen molar-refractivity contribution in [1.29, 1.82) is 0 Å². The molecule has 1 fully saturated rings. The van der Waals surface area contributed by atoms with Crippen LogP contribution in [0.3, 0.4) is 0 Å². The molecule has 1 aliphatic rings. The zero-order chi connectivity index (χ0) is 17.8. The highest BCUT2D eigenvalue weighted by atomic mass is 16.3. The maximum atomic E-state index is 5.33. The van der Waals surface area contributed by atoms with Gasteiger partial charge in [0.15, 0.2) is 11.6 Å². The summed E-state index contributed by atoms with van der Waals surface area (Å²) in [5, 5.41) is 0. The molecule has 0 unspecified atom stereocenters. The van der Waals surface area contributed by atoms with E-state index < -0.39 is 0 Å². The third-order valence-corrected chi connectivity index (χ3v) is 4.81. The van der Waals surface area contributed by atoms with E-state index in [0.29, 0.717) is 11.6 Å². The lowest BCUT2D eigenvalue weighted by Gasteiger charge is -2.34. The summed E-state index contributed by atoms with van der Waals surface area (Å²) in [6.07, 6.45) is 7.31. The second-order valence-electron chi connectivity index (χ2n) is 6.71. The molecular weight excluding hydrogens is 326 g/mol. The number of pyridine rings is 1. The fraction of sp³-hybridized carbons (Fsp3) is 0.350. The van der Waals surface area contributed by atoms with Gasteiger partial charge >= 0.3 is 0 Å². The summed E-state index contributed by atoms with van der Waals surface area (Å²) >= 11 is 0. The van der Waals surface area contributed by atoms with Crippen molar-refractivity contribution in [1.82, 2.24) is 24.8 Å². The van der Waals surface area contributed by atoms with Crippen molar-refractivity contribution in [3.05, 3.63) is 65.9 Å². The largest absolute Gasteiger partial charge is 0.461 e. The molecule has 0 bridgehead atoms. The summed E-state index contributed by atoms with van der Waals surface area (Å²) in [5.74, 6) is 1.34. The monoisotopic (exact) mass is 349 g/mol. The minimum atomic E-state index is 0.634. The van der Waals surface area contributed by atoms with Crippen molar-refractivity contribution < 1.29 is 4.42 Å². The third-order valence-electron chi connectivity index (χ3n) is 4.81. The van der Waals surface area contributed by atoms with Gasteiger partial charge in [-0.25, -0.2) is 9.97 Å². The Bertz CT molecular complexity index is 824. The van der Waals surface area contributed by atoms with E-state index in [1.807, 2.05) is 36.8 Å². The van der Waals surface area contributed by atoms with Gasteiger partial charge in [-0.1, -0.05) is 6.07 Å². The Kier molecular flexibility index (Phi) is 5.04. The highest BCUT2D eigenvalue weighted by Crippen LogP contribution is 2.16. The SMILES string of the molecule is Cc1cccnc1CN1CCN(Cc2cnc(-c3ccco3)nc2)CC1. The van der Waals surface area contributed by atoms with Gasteiger partial charge in [0.05, 0.1) is 12.0 Å². The normalized spacial score (nSPS) is 16.0. The van der Waals surface area contributed by atoms with E-state index >= 15 is 0 Å². The molecule has 0 aromatic carbocycles. The molecule has 0 spiro atoms. The zero-order valence-electron chi connectivity index (χ0n) is 15.0. The molecule has 6 heteroatoms. The van der Waals surface area contributed by atoms with Crippen molar-refractivity contribution in [2.24, 2.45) is 0 Å². The molecule has 26 heavy (non-hydrogen) atoms. The van der Waals surface area contributed by atoms with Crippen LogP contribution in [0.15, 0.2) is 53.5 Å². The predicted molar refractivity (Wildman–Crippen MR) is 99.3 cm³/mol. The average Bonchev–Trinajstić information content (AvgIpc) is 3.21. The minimum Gasteiger partial charge on any atom is -0.461 e. The summed E-state index contributed by atoms with van der Waals surface area (Å²) in [7, 11) is 0. The molecule has 3 aromatic heterocycles. The van der Waals surface area contributed by atoms with Gasteiger partial charge in [0, 0.05) is 63.4 Å². The van der Waals surface area contributed by atoms with E-state index in [9.17, 15) is 0 Å². The van der Waals surface area contributed by atoms with Gasteiger partial charge < -0.3 is 4.42 Å². The molecule has 0 atom stereocenters. The van der Waals surface area contributed by atoms with Crippen molar-refractivity contribution in [2.75, 3.05) is 26.2 Å². The lowest BCUT2D eigenvalue weighted by Crippen LogP contribution is -2.45. The molecule has 0 amide bonds. The second kappa shape index (κ2) is 7.76. The topological polar surface area (TPSA) is 58.3 Å². The molecule has 6 nitrogen and oxygen atoms in total. The van der Waals surface area contributed by atoms with Gasteiger partial charge in [-0.3, -0.25) is 14.8 Å². The van der Waals surface area contributed by atoms with Gasteiger partial charge in [-0.2, -0.15) is 0 Å². The van der Waals surface area contributed by atoms with Gasteiger partial charge in [0.25, 0.3) is 0 Å². The Labute approximate surface area is 153 Å². The summed E-state index contributed by atoms with van der Waals surface area (Å²) < 4.78 is 5.33. The van der Waals surface area contributed by atoms with E-state index in [1.165, 1.54) is 11.3 Å². The molecule has 3 aromatic rings. The standard InChI is InChI=1S/C20H23N5O/c1-16-4-2-6-21-18(16)15-25-9-7-24(8-10-25)14-17-12-22-20(23-13-17)19-5-3-11-26-19/h2-6,11-13H,7-10,14-15H2,1H3. The lowest BCUT2D eigenvalue weighted by molar-refractivity contribution is 0.120. The van der Waals surface area contributed by atoms with Gasteiger partial charge in [-0.05, 0) is 30.7 Å². The minimum absolute atomic E-state index is 0.634. The van der Waals surface area contributed by atoms with E-state index in [1.54, 1.807) is 6.26 Å². The van der Waals surface area contributed by atoms with Crippen LogP contribution in [0, 0.1) is 6.92 Å². The van der Waals surface area contributed by atoms with Crippen LogP contribution >= 0.6 is 0 Å². The Morgan fingerprint density at radius 2 is 1.65 bits per heavy atom. The molecular formula is C20H23N5O. The van der Waals surface area contributed by atoms with Crippen LogP contribution in [-0.2, 0) is 13.1 Å². The number of hydrogen-bond acceptors (Lipinski definition) is 6. The van der Waals surface area contributed by atoms with Gasteiger partial charge in [-0.15, -0.1) is 0 Å². The number of rotatable bonds is 5. The number of hydrogen-bond donors (Lipinski definition) is 0. The average molecular weight is 349 g/mol. The quantitative estimate of drug-likeness (QED) is 0.706. The van der Waals surface area contributed by atoms with Crippen LogP contribution in [-0.4, -0.2) is 50.9 Å². The number of aromatic nitrogens is 3. The first-order chi connectivity index (χ1) is 12.8. The van der Waals surface area contributed by atoms with Crippen molar-refractivity contribution in [3.63, 3.8) is 0 Å². The van der Waals surface area contributed by atoms with Crippen LogP contribution < -0.4 is 0 Å². The first kappa shape index (κ1) is 16.9. The Balaban J connectivity index is 1.29. The van der Waals surface area contributed by atoms with Crippen molar-refractivity contribution >= 4 is 0 Å². The molecule has 4 rings (SSSR count). The van der Waals surface area contributed by atoms with Crippen LogP contribution in [0.25, 0.3) is 11.6 Å². The molecule has 4 heterocycles. The van der Waals surface area contributed by atoms with Crippen LogP contribution in [0.2, 0.25) is 0 Å². The molecule has 1 saturated heterocycles. The molecule has 0 N–H and O–H groups in total. The molecule has 0 aliphatic carbocycles. The van der Waals surface area contributed by atoms with E-state index in [4.69, 9.17) is 4.42 Å². The Morgan fingerprint density at radius 3 is 2.31 bits per heavy atom. The second-order valence-corrected chi connectivity index (χ2v) is 6.71. The lowest BCUT2D eigenvalue weighted by atomic mass is 10.2. The number of furan rings is 1. The van der Waals surface area contributed by atoms with Crippen molar-refractivity contribution in [3.8, 4) is 11.6 Å². The first-order valence-corrected chi connectivity index (χ1v) is 8.98. The zero-order valence-corrected chi connectivity index (χ0v) is 15.0.